The predicted molar refractivity (Wildman–Crippen MR) is 101 cm³/mol. The highest BCUT2D eigenvalue weighted by Crippen LogP contribution is 2.31. The fourth-order valence-corrected chi connectivity index (χ4v) is 4.27. The maximum atomic E-state index is 13.1. The average molecular weight is 376 g/mol. The third-order valence-electron chi connectivity index (χ3n) is 4.82. The maximum absolute atomic E-state index is 13.1. The molecule has 0 unspecified atom stereocenters. The van der Waals surface area contributed by atoms with Crippen LogP contribution in [0.5, 0.6) is 0 Å². The monoisotopic (exact) mass is 376 g/mol. The molecule has 1 fully saturated rings. The van der Waals surface area contributed by atoms with Crippen molar-refractivity contribution in [3.63, 3.8) is 0 Å². The molecule has 1 amide bonds. The molecule has 3 rings (SSSR count). The van der Waals surface area contributed by atoms with Gasteiger partial charge in [-0.15, -0.1) is 11.3 Å². The zero-order chi connectivity index (χ0) is 19.2. The summed E-state index contributed by atoms with van der Waals surface area (Å²) < 4.78 is 6.83. The Balaban J connectivity index is 2.06. The van der Waals surface area contributed by atoms with E-state index in [-0.39, 0.29) is 17.0 Å². The van der Waals surface area contributed by atoms with Gasteiger partial charge in [0.1, 0.15) is 9.88 Å². The molecule has 1 saturated heterocycles. The van der Waals surface area contributed by atoms with Crippen LogP contribution in [0.4, 0.5) is 0 Å². The number of thiazole rings is 1. The Kier molecular flexibility index (Phi) is 4.74. The first-order chi connectivity index (χ1) is 12.1. The van der Waals surface area contributed by atoms with Crippen molar-refractivity contribution in [2.24, 2.45) is 7.05 Å². The van der Waals surface area contributed by atoms with Crippen LogP contribution >= 0.6 is 11.3 Å². The van der Waals surface area contributed by atoms with Gasteiger partial charge < -0.3 is 9.64 Å². The standard InChI is InChI=1S/C18H24N4O3S/c1-10-11(2)20-21(6)16(23)13(10)15-19-12(3)14(26-15)17(24)22-7-8-25-9-18(22,4)5/h7-9H2,1-6H3. The molecule has 0 bridgehead atoms. The number of rotatable bonds is 2. The van der Waals surface area contributed by atoms with E-state index in [1.807, 2.05) is 39.5 Å². The molecule has 2 aromatic rings. The van der Waals surface area contributed by atoms with Crippen molar-refractivity contribution < 1.29 is 9.53 Å². The number of carbonyl (C=O) groups is 1. The summed E-state index contributed by atoms with van der Waals surface area (Å²) in [5, 5.41) is 4.78. The molecule has 0 radical (unpaired) electrons. The summed E-state index contributed by atoms with van der Waals surface area (Å²) >= 11 is 1.28. The zero-order valence-electron chi connectivity index (χ0n) is 16.0. The lowest BCUT2D eigenvalue weighted by Gasteiger charge is -2.41. The zero-order valence-corrected chi connectivity index (χ0v) is 16.9. The Morgan fingerprint density at radius 2 is 1.92 bits per heavy atom. The van der Waals surface area contributed by atoms with Gasteiger partial charge >= 0.3 is 0 Å². The lowest BCUT2D eigenvalue weighted by atomic mass is 10.0. The molecule has 0 aromatic carbocycles. The SMILES string of the molecule is Cc1nc(-c2c(C)c(C)nn(C)c2=O)sc1C(=O)N1CCOCC1(C)C. The van der Waals surface area contributed by atoms with Crippen LogP contribution in [0, 0.1) is 20.8 Å². The van der Waals surface area contributed by atoms with Crippen molar-refractivity contribution in [3.05, 3.63) is 32.2 Å². The van der Waals surface area contributed by atoms with E-state index >= 15 is 0 Å². The third-order valence-corrected chi connectivity index (χ3v) is 5.98. The molecule has 8 heteroatoms. The summed E-state index contributed by atoms with van der Waals surface area (Å²) in [6, 6.07) is 0. The summed E-state index contributed by atoms with van der Waals surface area (Å²) in [7, 11) is 1.63. The molecule has 0 saturated carbocycles. The summed E-state index contributed by atoms with van der Waals surface area (Å²) in [5.74, 6) is -0.0557. The van der Waals surface area contributed by atoms with E-state index in [1.54, 1.807) is 7.05 Å². The highest BCUT2D eigenvalue weighted by molar-refractivity contribution is 7.17. The highest BCUT2D eigenvalue weighted by atomic mass is 32.1. The van der Waals surface area contributed by atoms with E-state index in [0.29, 0.717) is 40.9 Å². The number of hydrogen-bond donors (Lipinski definition) is 0. The van der Waals surface area contributed by atoms with Crippen LogP contribution in [0.1, 0.15) is 40.5 Å². The van der Waals surface area contributed by atoms with E-state index in [1.165, 1.54) is 16.0 Å². The number of nitrogens with zero attached hydrogens (tertiary/aromatic N) is 4. The fourth-order valence-electron chi connectivity index (χ4n) is 3.16. The van der Waals surface area contributed by atoms with Gasteiger partial charge in [0.15, 0.2) is 0 Å². The largest absolute Gasteiger partial charge is 0.377 e. The van der Waals surface area contributed by atoms with Gasteiger partial charge in [-0.25, -0.2) is 9.67 Å². The number of hydrogen-bond acceptors (Lipinski definition) is 6. The summed E-state index contributed by atoms with van der Waals surface area (Å²) in [5.41, 5.74) is 2.17. The molecule has 7 nitrogen and oxygen atoms in total. The third kappa shape index (κ3) is 3.07. The second-order valence-corrected chi connectivity index (χ2v) is 8.27. The smallest absolute Gasteiger partial charge is 0.277 e. The average Bonchev–Trinajstić information content (AvgIpc) is 2.94. The van der Waals surface area contributed by atoms with E-state index < -0.39 is 0 Å². The van der Waals surface area contributed by atoms with Crippen LogP contribution in [0.3, 0.4) is 0 Å². The molecule has 0 aliphatic carbocycles. The van der Waals surface area contributed by atoms with Crippen molar-refractivity contribution in [2.45, 2.75) is 40.2 Å². The molecule has 0 spiro atoms. The first kappa shape index (κ1) is 18.7. The van der Waals surface area contributed by atoms with Gasteiger partial charge in [-0.05, 0) is 40.2 Å². The van der Waals surface area contributed by atoms with Crippen LogP contribution in [-0.2, 0) is 11.8 Å². The second kappa shape index (κ2) is 6.59. The number of morpholine rings is 1. The van der Waals surface area contributed by atoms with Crippen LogP contribution in [0.2, 0.25) is 0 Å². The van der Waals surface area contributed by atoms with Gasteiger partial charge in [-0.2, -0.15) is 5.10 Å². The number of amides is 1. The van der Waals surface area contributed by atoms with Crippen LogP contribution in [0.15, 0.2) is 4.79 Å². The van der Waals surface area contributed by atoms with Gasteiger partial charge in [-0.1, -0.05) is 0 Å². The lowest BCUT2D eigenvalue weighted by molar-refractivity contribution is -0.0368. The molecular weight excluding hydrogens is 352 g/mol. The van der Waals surface area contributed by atoms with E-state index in [2.05, 4.69) is 10.1 Å². The van der Waals surface area contributed by atoms with Crippen molar-refractivity contribution in [2.75, 3.05) is 19.8 Å². The van der Waals surface area contributed by atoms with Crippen molar-refractivity contribution in [1.29, 1.82) is 0 Å². The Morgan fingerprint density at radius 3 is 2.58 bits per heavy atom. The highest BCUT2D eigenvalue weighted by Gasteiger charge is 2.36. The van der Waals surface area contributed by atoms with Gasteiger partial charge in [0, 0.05) is 13.6 Å². The normalized spacial score (nSPS) is 16.8. The van der Waals surface area contributed by atoms with Crippen LogP contribution in [0.25, 0.3) is 10.6 Å². The topological polar surface area (TPSA) is 77.3 Å². The van der Waals surface area contributed by atoms with Gasteiger partial charge in [-0.3, -0.25) is 9.59 Å². The second-order valence-electron chi connectivity index (χ2n) is 7.27. The summed E-state index contributed by atoms with van der Waals surface area (Å²) in [6.45, 7) is 11.1. The first-order valence-electron chi connectivity index (χ1n) is 8.55. The Morgan fingerprint density at radius 1 is 1.23 bits per heavy atom. The number of aromatic nitrogens is 3. The Bertz CT molecular complexity index is 929. The quantitative estimate of drug-likeness (QED) is 0.802. The molecular formula is C18H24N4O3S. The van der Waals surface area contributed by atoms with Gasteiger partial charge in [0.25, 0.3) is 11.5 Å². The first-order valence-corrected chi connectivity index (χ1v) is 9.37. The van der Waals surface area contributed by atoms with Crippen molar-refractivity contribution in [1.82, 2.24) is 19.7 Å². The molecule has 0 N–H and O–H groups in total. The van der Waals surface area contributed by atoms with Crippen molar-refractivity contribution in [3.8, 4) is 10.6 Å². The molecule has 26 heavy (non-hydrogen) atoms. The van der Waals surface area contributed by atoms with E-state index in [0.717, 1.165) is 11.3 Å². The Labute approximate surface area is 156 Å². The molecule has 1 aliphatic rings. The summed E-state index contributed by atoms with van der Waals surface area (Å²) in [6.07, 6.45) is 0. The van der Waals surface area contributed by atoms with Crippen LogP contribution < -0.4 is 5.56 Å². The number of carbonyl (C=O) groups excluding carboxylic acids is 1. The summed E-state index contributed by atoms with van der Waals surface area (Å²) in [4.78, 5) is 32.7. The van der Waals surface area contributed by atoms with Gasteiger partial charge in [0.2, 0.25) is 0 Å². The molecule has 140 valence electrons. The van der Waals surface area contributed by atoms with E-state index in [9.17, 15) is 9.59 Å². The predicted octanol–water partition coefficient (Wildman–Crippen LogP) is 2.08. The van der Waals surface area contributed by atoms with Crippen LogP contribution in [-0.4, -0.2) is 50.9 Å². The fraction of sp³-hybridized carbons (Fsp3) is 0.556. The van der Waals surface area contributed by atoms with E-state index in [4.69, 9.17) is 4.74 Å². The molecule has 1 aliphatic heterocycles. The number of ether oxygens (including phenoxy) is 1. The molecule has 0 atom stereocenters. The maximum Gasteiger partial charge on any atom is 0.277 e. The van der Waals surface area contributed by atoms with Crippen molar-refractivity contribution >= 4 is 17.2 Å². The molecule has 2 aromatic heterocycles. The minimum Gasteiger partial charge on any atom is -0.377 e. The minimum absolute atomic E-state index is 0.0557. The number of aryl methyl sites for hydroxylation is 3. The Hall–Kier alpha value is -2.06. The molecule has 3 heterocycles. The lowest BCUT2D eigenvalue weighted by Crippen LogP contribution is -2.55. The van der Waals surface area contributed by atoms with Gasteiger partial charge in [0.05, 0.1) is 35.7 Å². The minimum atomic E-state index is -0.370.